The molecule has 3 N–H and O–H groups in total. The van der Waals surface area contributed by atoms with E-state index in [0.717, 1.165) is 0 Å². The number of nitrogens with two attached hydrogens (primary N) is 1. The topological polar surface area (TPSA) is 46.2 Å². The van der Waals surface area contributed by atoms with Crippen molar-refractivity contribution in [2.24, 2.45) is 5.90 Å². The summed E-state index contributed by atoms with van der Waals surface area (Å²) < 4.78 is 0. The molecule has 1 aliphatic rings. The summed E-state index contributed by atoms with van der Waals surface area (Å²) in [5, 5.41) is 6.50. The zero-order valence-electron chi connectivity index (χ0n) is 10.1. The fourth-order valence-corrected chi connectivity index (χ4v) is 8.60. The van der Waals surface area contributed by atoms with E-state index in [1.54, 1.807) is 31.0 Å². The summed E-state index contributed by atoms with van der Waals surface area (Å²) in [4.78, 5) is 0. The molecular formula is C11H27NOSi. The number of hydrogen-bond donors (Lipinski definition) is 2. The highest BCUT2D eigenvalue weighted by molar-refractivity contribution is 6.81. The zero-order valence-corrected chi connectivity index (χ0v) is 11.1. The van der Waals surface area contributed by atoms with E-state index < -0.39 is 8.07 Å². The Morgan fingerprint density at radius 2 is 1.71 bits per heavy atom. The molecule has 1 saturated heterocycles. The van der Waals surface area contributed by atoms with Crippen molar-refractivity contribution < 1.29 is 5.21 Å². The minimum atomic E-state index is -0.760. The summed E-state index contributed by atoms with van der Waals surface area (Å²) in [6, 6.07) is 4.72. The first kappa shape index (κ1) is 14.1. The van der Waals surface area contributed by atoms with Crippen LogP contribution in [0.25, 0.3) is 0 Å². The Bertz CT molecular complexity index is 137. The zero-order chi connectivity index (χ0) is 11.0. The molecular weight excluding hydrogens is 190 g/mol. The van der Waals surface area contributed by atoms with E-state index in [1.165, 1.54) is 18.4 Å². The molecule has 1 rings (SSSR count). The van der Waals surface area contributed by atoms with Crippen LogP contribution in [0, 0.1) is 0 Å². The van der Waals surface area contributed by atoms with E-state index in [0.29, 0.717) is 0 Å². The lowest BCUT2D eigenvalue weighted by atomic mass is 10.1. The summed E-state index contributed by atoms with van der Waals surface area (Å²) >= 11 is 0. The molecule has 0 bridgehead atoms. The van der Waals surface area contributed by atoms with Gasteiger partial charge in [0.05, 0.1) is 8.07 Å². The van der Waals surface area contributed by atoms with Crippen LogP contribution < -0.4 is 5.90 Å². The summed E-state index contributed by atoms with van der Waals surface area (Å²) in [5.41, 5.74) is 1.17. The van der Waals surface area contributed by atoms with Crippen molar-refractivity contribution >= 4 is 8.07 Å². The summed E-state index contributed by atoms with van der Waals surface area (Å²) in [7, 11) is -0.760. The molecule has 0 aromatic carbocycles. The largest absolute Gasteiger partial charge is 0.320 e. The maximum atomic E-state index is 6.50. The normalized spacial score (nSPS) is 25.1. The van der Waals surface area contributed by atoms with E-state index in [9.17, 15) is 0 Å². The van der Waals surface area contributed by atoms with E-state index >= 15 is 0 Å². The van der Waals surface area contributed by atoms with E-state index in [4.69, 9.17) is 5.21 Å². The van der Waals surface area contributed by atoms with Gasteiger partial charge in [-0.1, -0.05) is 64.6 Å². The van der Waals surface area contributed by atoms with Gasteiger partial charge in [-0.2, -0.15) is 0 Å². The average Bonchev–Trinajstić information content (AvgIpc) is 2.31. The first-order valence-corrected chi connectivity index (χ1v) is 8.74. The lowest BCUT2D eigenvalue weighted by Crippen LogP contribution is -2.40. The quantitative estimate of drug-likeness (QED) is 0.558. The van der Waals surface area contributed by atoms with Crippen LogP contribution in [-0.4, -0.2) is 13.3 Å². The average molecular weight is 217 g/mol. The molecule has 1 atom stereocenters. The Hall–Kier alpha value is 0.137. The van der Waals surface area contributed by atoms with E-state index in [2.05, 4.69) is 26.7 Å². The van der Waals surface area contributed by atoms with Gasteiger partial charge in [0, 0.05) is 0 Å². The van der Waals surface area contributed by atoms with E-state index in [1.807, 2.05) is 0 Å². The standard InChI is InChI=1S/C11H24Si.H3NO/c1-4-11-9-7-8-10-12(11,5-2)6-3;1-2/h11H,4-10H2,1-3H3;2H,1H2. The van der Waals surface area contributed by atoms with Crippen molar-refractivity contribution in [2.45, 2.75) is 70.1 Å². The lowest BCUT2D eigenvalue weighted by molar-refractivity contribution is 0.311. The smallest absolute Gasteiger partial charge is 0.0561 e. The molecule has 0 saturated carbocycles. The second-order valence-corrected chi connectivity index (χ2v) is 9.88. The maximum Gasteiger partial charge on any atom is 0.0561 e. The van der Waals surface area contributed by atoms with Crippen LogP contribution >= 0.6 is 0 Å². The van der Waals surface area contributed by atoms with Crippen molar-refractivity contribution in [2.75, 3.05) is 0 Å². The second kappa shape index (κ2) is 7.43. The minimum absolute atomic E-state index is 0.760. The Kier molecular flexibility index (Phi) is 7.50. The summed E-state index contributed by atoms with van der Waals surface area (Å²) in [6.45, 7) is 7.30. The summed E-state index contributed by atoms with van der Waals surface area (Å²) in [5.74, 6) is 3.50. The maximum absolute atomic E-state index is 6.50. The van der Waals surface area contributed by atoms with Gasteiger partial charge in [0.2, 0.25) is 0 Å². The van der Waals surface area contributed by atoms with Crippen LogP contribution in [0.4, 0.5) is 0 Å². The molecule has 1 unspecified atom stereocenters. The second-order valence-electron chi connectivity index (χ2n) is 4.42. The third-order valence-corrected chi connectivity index (χ3v) is 10.8. The monoisotopic (exact) mass is 217 g/mol. The molecule has 0 aromatic rings. The summed E-state index contributed by atoms with van der Waals surface area (Å²) in [6.07, 6.45) is 6.09. The van der Waals surface area contributed by atoms with Gasteiger partial charge < -0.3 is 5.21 Å². The van der Waals surface area contributed by atoms with Crippen LogP contribution in [0.3, 0.4) is 0 Å². The molecule has 1 aliphatic heterocycles. The highest BCUT2D eigenvalue weighted by Gasteiger charge is 2.38. The molecule has 0 aromatic heterocycles. The van der Waals surface area contributed by atoms with Gasteiger partial charge in [0.1, 0.15) is 0 Å². The van der Waals surface area contributed by atoms with Crippen LogP contribution in [0.5, 0.6) is 0 Å². The van der Waals surface area contributed by atoms with Crippen molar-refractivity contribution in [1.29, 1.82) is 0 Å². The Morgan fingerprint density at radius 1 is 1.14 bits per heavy atom. The molecule has 0 spiro atoms. The van der Waals surface area contributed by atoms with E-state index in [-0.39, 0.29) is 0 Å². The molecule has 2 nitrogen and oxygen atoms in total. The van der Waals surface area contributed by atoms with Crippen LogP contribution in [0.1, 0.15) is 46.5 Å². The van der Waals surface area contributed by atoms with Gasteiger partial charge in [-0.15, -0.1) is 0 Å². The van der Waals surface area contributed by atoms with Crippen molar-refractivity contribution in [3.8, 4) is 0 Å². The fraction of sp³-hybridized carbons (Fsp3) is 1.00. The van der Waals surface area contributed by atoms with Crippen molar-refractivity contribution in [3.63, 3.8) is 0 Å². The molecule has 3 heteroatoms. The third kappa shape index (κ3) is 3.07. The molecule has 1 heterocycles. The first-order chi connectivity index (χ1) is 6.79. The first-order valence-electron chi connectivity index (χ1n) is 6.05. The highest BCUT2D eigenvalue weighted by atomic mass is 28.3. The van der Waals surface area contributed by atoms with Gasteiger partial charge in [-0.25, -0.2) is 5.90 Å². The molecule has 14 heavy (non-hydrogen) atoms. The van der Waals surface area contributed by atoms with Crippen LogP contribution in [0.15, 0.2) is 0 Å². The van der Waals surface area contributed by atoms with Crippen LogP contribution in [0.2, 0.25) is 23.7 Å². The van der Waals surface area contributed by atoms with Gasteiger partial charge in [-0.05, 0) is 5.54 Å². The molecule has 0 amide bonds. The Balaban J connectivity index is 0.000000791. The lowest BCUT2D eigenvalue weighted by Gasteiger charge is -2.41. The molecule has 0 aliphatic carbocycles. The SMILES string of the molecule is CCC1CCCC[Si]1(CC)CC.NO. The molecule has 1 fully saturated rings. The number of rotatable bonds is 3. The highest BCUT2D eigenvalue weighted by Crippen LogP contribution is 2.44. The minimum Gasteiger partial charge on any atom is -0.320 e. The van der Waals surface area contributed by atoms with Gasteiger partial charge in [0.25, 0.3) is 0 Å². The van der Waals surface area contributed by atoms with Gasteiger partial charge in [0.15, 0.2) is 0 Å². The number of hydrogen-bond acceptors (Lipinski definition) is 2. The fourth-order valence-electron chi connectivity index (χ4n) is 3.20. The van der Waals surface area contributed by atoms with Crippen molar-refractivity contribution in [3.05, 3.63) is 0 Å². The van der Waals surface area contributed by atoms with Crippen LogP contribution in [-0.2, 0) is 0 Å². The molecule has 0 radical (unpaired) electrons. The van der Waals surface area contributed by atoms with Crippen molar-refractivity contribution in [1.82, 2.24) is 0 Å². The van der Waals surface area contributed by atoms with Gasteiger partial charge >= 0.3 is 0 Å². The van der Waals surface area contributed by atoms with Gasteiger partial charge in [-0.3, -0.25) is 0 Å². The third-order valence-electron chi connectivity index (χ3n) is 4.24. The Morgan fingerprint density at radius 3 is 2.07 bits per heavy atom. The molecule has 86 valence electrons. The predicted octanol–water partition coefficient (Wildman–Crippen LogP) is 3.77. The predicted molar refractivity (Wildman–Crippen MR) is 65.4 cm³/mol. The Labute approximate surface area is 89.9 Å².